The molecule has 3 rings (SSSR count). The lowest BCUT2D eigenvalue weighted by Gasteiger charge is -2.11. The predicted octanol–water partition coefficient (Wildman–Crippen LogP) is 2.38. The van der Waals surface area contributed by atoms with Gasteiger partial charge in [0, 0.05) is 32.0 Å². The Morgan fingerprint density at radius 1 is 1.28 bits per heavy atom. The van der Waals surface area contributed by atoms with Crippen LogP contribution in [-0.4, -0.2) is 35.6 Å². The van der Waals surface area contributed by atoms with Gasteiger partial charge >= 0.3 is 0 Å². The van der Waals surface area contributed by atoms with Crippen molar-refractivity contribution in [3.63, 3.8) is 0 Å². The Hall–Kier alpha value is -1.97. The van der Waals surface area contributed by atoms with Gasteiger partial charge in [-0.25, -0.2) is 4.99 Å². The summed E-state index contributed by atoms with van der Waals surface area (Å²) < 4.78 is 12.7. The highest BCUT2D eigenvalue weighted by Gasteiger charge is 2.12. The fourth-order valence-corrected chi connectivity index (χ4v) is 2.43. The SMILES string of the molecule is CCNC(=NCc1ccc2c(c1)OCO2)NCCCn1cccn1.I. The first-order valence-corrected chi connectivity index (χ1v) is 8.23. The molecule has 0 fully saturated rings. The van der Waals surface area contributed by atoms with E-state index in [1.54, 1.807) is 6.20 Å². The van der Waals surface area contributed by atoms with Crippen LogP contribution < -0.4 is 20.1 Å². The molecule has 0 spiro atoms. The van der Waals surface area contributed by atoms with E-state index < -0.39 is 0 Å². The van der Waals surface area contributed by atoms with Crippen molar-refractivity contribution >= 4 is 29.9 Å². The number of nitrogens with zero attached hydrogens (tertiary/aromatic N) is 3. The van der Waals surface area contributed by atoms with Crippen LogP contribution in [0.1, 0.15) is 18.9 Å². The molecule has 0 saturated carbocycles. The van der Waals surface area contributed by atoms with E-state index in [2.05, 4.69) is 27.6 Å². The molecule has 8 heteroatoms. The van der Waals surface area contributed by atoms with Crippen molar-refractivity contribution in [2.24, 2.45) is 4.99 Å². The van der Waals surface area contributed by atoms with Gasteiger partial charge in [0.25, 0.3) is 0 Å². The van der Waals surface area contributed by atoms with E-state index in [1.807, 2.05) is 35.1 Å². The Balaban J connectivity index is 0.00000225. The molecule has 1 aromatic carbocycles. The number of hydrogen-bond acceptors (Lipinski definition) is 4. The minimum atomic E-state index is 0. The van der Waals surface area contributed by atoms with Crippen LogP contribution in [0, 0.1) is 0 Å². The minimum absolute atomic E-state index is 0. The van der Waals surface area contributed by atoms with Crippen LogP contribution in [0.4, 0.5) is 0 Å². The van der Waals surface area contributed by atoms with Crippen LogP contribution in [0.3, 0.4) is 0 Å². The average molecular weight is 457 g/mol. The summed E-state index contributed by atoms with van der Waals surface area (Å²) >= 11 is 0. The molecular weight excluding hydrogens is 433 g/mol. The van der Waals surface area contributed by atoms with Gasteiger partial charge in [-0.15, -0.1) is 24.0 Å². The number of guanidine groups is 1. The third-order valence-corrected chi connectivity index (χ3v) is 3.62. The maximum absolute atomic E-state index is 5.40. The molecule has 2 heterocycles. The number of halogens is 1. The fraction of sp³-hybridized carbons (Fsp3) is 0.412. The van der Waals surface area contributed by atoms with Crippen LogP contribution in [0.2, 0.25) is 0 Å². The number of aliphatic imine (C=N–C) groups is 1. The van der Waals surface area contributed by atoms with Crippen molar-refractivity contribution in [2.75, 3.05) is 19.9 Å². The summed E-state index contributed by atoms with van der Waals surface area (Å²) in [6.07, 6.45) is 4.75. The average Bonchev–Trinajstić information content (AvgIpc) is 3.27. The second-order valence-electron chi connectivity index (χ2n) is 5.43. The van der Waals surface area contributed by atoms with Gasteiger partial charge in [0.1, 0.15) is 0 Å². The van der Waals surface area contributed by atoms with Crippen molar-refractivity contribution in [3.05, 3.63) is 42.2 Å². The van der Waals surface area contributed by atoms with Gasteiger partial charge in [-0.2, -0.15) is 5.10 Å². The van der Waals surface area contributed by atoms with Gasteiger partial charge in [-0.1, -0.05) is 6.07 Å². The molecule has 25 heavy (non-hydrogen) atoms. The quantitative estimate of drug-likeness (QED) is 0.289. The smallest absolute Gasteiger partial charge is 0.231 e. The molecule has 2 N–H and O–H groups in total. The number of ether oxygens (including phenoxy) is 2. The van der Waals surface area contributed by atoms with Gasteiger partial charge in [0.2, 0.25) is 6.79 Å². The fourth-order valence-electron chi connectivity index (χ4n) is 2.43. The lowest BCUT2D eigenvalue weighted by molar-refractivity contribution is 0.174. The number of benzene rings is 1. The Bertz CT molecular complexity index is 676. The summed E-state index contributed by atoms with van der Waals surface area (Å²) in [5, 5.41) is 10.8. The summed E-state index contributed by atoms with van der Waals surface area (Å²) in [5.41, 5.74) is 1.09. The van der Waals surface area contributed by atoms with E-state index in [-0.39, 0.29) is 24.0 Å². The molecule has 1 aliphatic heterocycles. The third-order valence-electron chi connectivity index (χ3n) is 3.62. The molecule has 1 aromatic heterocycles. The van der Waals surface area contributed by atoms with E-state index in [0.717, 1.165) is 49.1 Å². The van der Waals surface area contributed by atoms with Crippen LogP contribution in [0.5, 0.6) is 11.5 Å². The van der Waals surface area contributed by atoms with E-state index in [0.29, 0.717) is 13.3 Å². The molecule has 0 bridgehead atoms. The van der Waals surface area contributed by atoms with E-state index >= 15 is 0 Å². The first kappa shape index (κ1) is 19.4. The second-order valence-corrected chi connectivity index (χ2v) is 5.43. The molecule has 0 aliphatic carbocycles. The van der Waals surface area contributed by atoms with Crippen LogP contribution in [-0.2, 0) is 13.1 Å². The lowest BCUT2D eigenvalue weighted by atomic mass is 10.2. The van der Waals surface area contributed by atoms with Crippen molar-refractivity contribution < 1.29 is 9.47 Å². The molecule has 0 amide bonds. The predicted molar refractivity (Wildman–Crippen MR) is 108 cm³/mol. The Morgan fingerprint density at radius 3 is 2.96 bits per heavy atom. The number of aryl methyl sites for hydroxylation is 1. The number of rotatable bonds is 7. The van der Waals surface area contributed by atoms with Gasteiger partial charge in [-0.3, -0.25) is 4.68 Å². The largest absolute Gasteiger partial charge is 0.454 e. The molecule has 1 aliphatic rings. The lowest BCUT2D eigenvalue weighted by Crippen LogP contribution is -2.38. The summed E-state index contributed by atoms with van der Waals surface area (Å²) in [6.45, 7) is 5.50. The number of fused-ring (bicyclic) bond motifs is 1. The van der Waals surface area contributed by atoms with E-state index in [4.69, 9.17) is 9.47 Å². The minimum Gasteiger partial charge on any atom is -0.454 e. The Morgan fingerprint density at radius 2 is 2.16 bits per heavy atom. The monoisotopic (exact) mass is 457 g/mol. The summed E-state index contributed by atoms with van der Waals surface area (Å²) in [5.74, 6) is 2.40. The van der Waals surface area contributed by atoms with Crippen molar-refractivity contribution in [2.45, 2.75) is 26.4 Å². The molecule has 0 radical (unpaired) electrons. The van der Waals surface area contributed by atoms with E-state index in [1.165, 1.54) is 0 Å². The number of nitrogens with one attached hydrogen (secondary N) is 2. The van der Waals surface area contributed by atoms with Gasteiger partial charge < -0.3 is 20.1 Å². The molecular formula is C17H24IN5O2. The maximum Gasteiger partial charge on any atom is 0.231 e. The van der Waals surface area contributed by atoms with Crippen LogP contribution in [0.15, 0.2) is 41.7 Å². The van der Waals surface area contributed by atoms with Crippen molar-refractivity contribution in [3.8, 4) is 11.5 Å². The zero-order valence-corrected chi connectivity index (χ0v) is 16.6. The highest BCUT2D eigenvalue weighted by atomic mass is 127. The second kappa shape index (κ2) is 10.1. The molecule has 0 atom stereocenters. The summed E-state index contributed by atoms with van der Waals surface area (Å²) in [6, 6.07) is 7.85. The van der Waals surface area contributed by atoms with Gasteiger partial charge in [0.15, 0.2) is 17.5 Å². The maximum atomic E-state index is 5.40. The first-order chi connectivity index (χ1) is 11.8. The summed E-state index contributed by atoms with van der Waals surface area (Å²) in [7, 11) is 0. The van der Waals surface area contributed by atoms with Crippen LogP contribution in [0.25, 0.3) is 0 Å². The Labute approximate surface area is 164 Å². The topological polar surface area (TPSA) is 72.7 Å². The van der Waals surface area contributed by atoms with Crippen LogP contribution >= 0.6 is 24.0 Å². The number of hydrogen-bond donors (Lipinski definition) is 2. The molecule has 7 nitrogen and oxygen atoms in total. The molecule has 0 unspecified atom stereocenters. The first-order valence-electron chi connectivity index (χ1n) is 8.23. The molecule has 0 saturated heterocycles. The normalized spacial score (nSPS) is 12.6. The van der Waals surface area contributed by atoms with E-state index in [9.17, 15) is 0 Å². The van der Waals surface area contributed by atoms with Crippen molar-refractivity contribution in [1.29, 1.82) is 0 Å². The van der Waals surface area contributed by atoms with Crippen molar-refractivity contribution in [1.82, 2.24) is 20.4 Å². The third kappa shape index (κ3) is 5.80. The zero-order valence-electron chi connectivity index (χ0n) is 14.3. The highest BCUT2D eigenvalue weighted by Crippen LogP contribution is 2.32. The van der Waals surface area contributed by atoms with Gasteiger partial charge in [-0.05, 0) is 37.1 Å². The highest BCUT2D eigenvalue weighted by molar-refractivity contribution is 14.0. The zero-order chi connectivity index (χ0) is 16.6. The number of aromatic nitrogens is 2. The molecule has 2 aromatic rings. The van der Waals surface area contributed by atoms with Gasteiger partial charge in [0.05, 0.1) is 6.54 Å². The Kier molecular flexibility index (Phi) is 7.83. The standard InChI is InChI=1S/C17H23N5O2.HI/c1-2-18-17(19-7-3-9-22-10-4-8-21-22)20-12-14-5-6-15-16(11-14)24-13-23-15;/h4-6,8,10-11H,2-3,7,9,12-13H2,1H3,(H2,18,19,20);1H. The summed E-state index contributed by atoms with van der Waals surface area (Å²) in [4.78, 5) is 4.62. The molecule has 136 valence electrons.